The Labute approximate surface area is 363 Å². The molecule has 0 atom stereocenters. The fourth-order valence-electron chi connectivity index (χ4n) is 10.7. The summed E-state index contributed by atoms with van der Waals surface area (Å²) in [4.78, 5) is 4.93. The van der Waals surface area contributed by atoms with E-state index in [-0.39, 0.29) is 6.85 Å². The lowest BCUT2D eigenvalue weighted by Crippen LogP contribution is -2.56. The minimum atomic E-state index is -0.0767. The number of para-hydroxylation sites is 4. The molecule has 2 aromatic heterocycles. The van der Waals surface area contributed by atoms with E-state index in [9.17, 15) is 0 Å². The van der Waals surface area contributed by atoms with Crippen molar-refractivity contribution in [3.63, 3.8) is 0 Å². The van der Waals surface area contributed by atoms with Gasteiger partial charge in [-0.25, -0.2) is 0 Å². The highest BCUT2D eigenvalue weighted by Crippen LogP contribution is 2.49. The van der Waals surface area contributed by atoms with Crippen molar-refractivity contribution in [1.82, 2.24) is 4.48 Å². The van der Waals surface area contributed by atoms with Gasteiger partial charge in [0.1, 0.15) is 5.58 Å². The first-order valence-corrected chi connectivity index (χ1v) is 22.6. The van der Waals surface area contributed by atoms with Crippen molar-refractivity contribution in [2.45, 2.75) is 59.3 Å². The molecule has 0 saturated carbocycles. The topological polar surface area (TPSA) is 24.6 Å². The van der Waals surface area contributed by atoms with Crippen LogP contribution in [0, 0.1) is 6.92 Å². The van der Waals surface area contributed by atoms with Gasteiger partial charge < -0.3 is 18.7 Å². The van der Waals surface area contributed by atoms with E-state index >= 15 is 0 Å². The van der Waals surface area contributed by atoms with Crippen molar-refractivity contribution in [3.8, 4) is 11.1 Å². The quantitative estimate of drug-likeness (QED) is 0.129. The molecule has 0 N–H and O–H groups in total. The van der Waals surface area contributed by atoms with Gasteiger partial charge in [0, 0.05) is 66.6 Å². The largest absolute Gasteiger partial charge is 0.454 e. The van der Waals surface area contributed by atoms with Gasteiger partial charge in [0.25, 0.3) is 0 Å². The molecule has 5 heteroatoms. The molecule has 0 fully saturated rings. The van der Waals surface area contributed by atoms with Crippen LogP contribution in [-0.2, 0) is 12.8 Å². The van der Waals surface area contributed by atoms with E-state index in [1.807, 2.05) is 0 Å². The number of hydrogen-bond acceptors (Lipinski definition) is 3. The van der Waals surface area contributed by atoms with E-state index in [0.717, 1.165) is 63.2 Å². The van der Waals surface area contributed by atoms with Gasteiger partial charge in [-0.3, -0.25) is 0 Å². The number of anilines is 6. The third kappa shape index (κ3) is 5.60. The number of aromatic nitrogens is 1. The van der Waals surface area contributed by atoms with Crippen molar-refractivity contribution in [1.29, 1.82) is 0 Å². The molecule has 4 nitrogen and oxygen atoms in total. The summed E-state index contributed by atoms with van der Waals surface area (Å²) in [5, 5.41) is 4.92. The van der Waals surface area contributed by atoms with Crippen LogP contribution in [0.25, 0.3) is 54.9 Å². The van der Waals surface area contributed by atoms with Crippen molar-refractivity contribution < 1.29 is 4.42 Å². The molecule has 0 radical (unpaired) electrons. The van der Waals surface area contributed by atoms with Crippen molar-refractivity contribution in [3.05, 3.63) is 180 Å². The van der Waals surface area contributed by atoms with Gasteiger partial charge in [0.15, 0.2) is 5.58 Å². The molecular formula is C57H48BN3O. The minimum Gasteiger partial charge on any atom is -0.454 e. The number of benzene rings is 8. The van der Waals surface area contributed by atoms with Gasteiger partial charge in [-0.05, 0) is 139 Å². The first-order valence-electron chi connectivity index (χ1n) is 22.6. The van der Waals surface area contributed by atoms with Crippen LogP contribution in [0.4, 0.5) is 34.1 Å². The number of furan rings is 1. The molecular weight excluding hydrogens is 753 g/mol. The molecule has 8 aromatic carbocycles. The van der Waals surface area contributed by atoms with Crippen LogP contribution in [0.3, 0.4) is 0 Å². The molecule has 0 unspecified atom stereocenters. The predicted octanol–water partition coefficient (Wildman–Crippen LogP) is 14.6. The Morgan fingerprint density at radius 1 is 0.532 bits per heavy atom. The highest BCUT2D eigenvalue weighted by molar-refractivity contribution is 6.90. The lowest BCUT2D eigenvalue weighted by molar-refractivity contribution is 0.669. The average Bonchev–Trinajstić information content (AvgIpc) is 3.86. The van der Waals surface area contributed by atoms with E-state index in [2.05, 4.69) is 199 Å². The van der Waals surface area contributed by atoms with Gasteiger partial charge in [-0.15, -0.1) is 0 Å². The first-order chi connectivity index (χ1) is 30.6. The Balaban J connectivity index is 1.16. The SMILES string of the molecule is CCCCc1ccc(N(c2ccccc2)c2ccc3c(c2)B2c4c(cc(C)cc4N3c3cccc4c3oc3ccccc34)-c3cccc4c5cc(CCCC)ccc5n2c34)cc1. The summed E-state index contributed by atoms with van der Waals surface area (Å²) in [6.45, 7) is 6.72. The standard InChI is InChI=1S/C57H48BN3O/c1-4-6-15-38-25-28-41(29-26-38)59(40-17-9-8-10-18-40)42-30-32-51-49(36-42)58-55-48(45-21-13-20-44-47-35-39(16-7-5-2)27-31-50(47)61(58)56(44)45)33-37(3)34-53(55)60(51)52-23-14-22-46-43-19-11-12-24-54(43)62-57(46)52/h8-14,17-36H,4-7,15-16H2,1-3H3. The smallest absolute Gasteiger partial charge is 0.333 e. The van der Waals surface area contributed by atoms with Gasteiger partial charge in [-0.1, -0.05) is 118 Å². The number of nitrogens with zero attached hydrogens (tertiary/aromatic N) is 3. The molecule has 0 amide bonds. The highest BCUT2D eigenvalue weighted by Gasteiger charge is 2.43. The molecule has 2 aliphatic heterocycles. The number of rotatable bonds is 10. The third-order valence-electron chi connectivity index (χ3n) is 13.5. The van der Waals surface area contributed by atoms with Crippen LogP contribution < -0.4 is 20.7 Å². The van der Waals surface area contributed by atoms with Gasteiger partial charge in [0.2, 0.25) is 0 Å². The Kier molecular flexibility index (Phi) is 8.67. The summed E-state index contributed by atoms with van der Waals surface area (Å²) in [7, 11) is 0. The van der Waals surface area contributed by atoms with Crippen molar-refractivity contribution in [2.24, 2.45) is 0 Å². The number of fused-ring (bicyclic) bond motifs is 10. The number of aryl methyl sites for hydroxylation is 3. The molecule has 0 bridgehead atoms. The molecule has 10 aromatic rings. The minimum absolute atomic E-state index is 0.0767. The third-order valence-corrected chi connectivity index (χ3v) is 13.5. The molecule has 0 spiro atoms. The molecule has 2 aliphatic rings. The average molecular weight is 802 g/mol. The summed E-state index contributed by atoms with van der Waals surface area (Å²) in [5.74, 6) is 0. The van der Waals surface area contributed by atoms with Crippen LogP contribution in [0.5, 0.6) is 0 Å². The highest BCUT2D eigenvalue weighted by atomic mass is 16.3. The molecule has 4 heterocycles. The van der Waals surface area contributed by atoms with Crippen LogP contribution in [0.2, 0.25) is 0 Å². The monoisotopic (exact) mass is 801 g/mol. The summed E-state index contributed by atoms with van der Waals surface area (Å²) in [6.07, 6.45) is 6.95. The maximum absolute atomic E-state index is 6.84. The number of hydrogen-bond donors (Lipinski definition) is 0. The van der Waals surface area contributed by atoms with Crippen LogP contribution in [0.15, 0.2) is 168 Å². The van der Waals surface area contributed by atoms with E-state index in [4.69, 9.17) is 4.42 Å². The van der Waals surface area contributed by atoms with Gasteiger partial charge in [-0.2, -0.15) is 0 Å². The maximum atomic E-state index is 6.84. The molecule has 0 saturated heterocycles. The lowest BCUT2D eigenvalue weighted by atomic mass is 9.45. The fraction of sp³-hybridized carbons (Fsp3) is 0.158. The molecule has 62 heavy (non-hydrogen) atoms. The lowest BCUT2D eigenvalue weighted by Gasteiger charge is -2.41. The Bertz CT molecular complexity index is 3360. The summed E-state index contributed by atoms with van der Waals surface area (Å²) in [5.41, 5.74) is 20.4. The van der Waals surface area contributed by atoms with E-state index < -0.39 is 0 Å². The summed E-state index contributed by atoms with van der Waals surface area (Å²) in [6, 6.07) is 61.4. The predicted molar refractivity (Wildman–Crippen MR) is 264 cm³/mol. The van der Waals surface area contributed by atoms with Gasteiger partial charge >= 0.3 is 6.85 Å². The van der Waals surface area contributed by atoms with E-state index in [0.29, 0.717) is 0 Å². The zero-order chi connectivity index (χ0) is 41.5. The fourth-order valence-corrected chi connectivity index (χ4v) is 10.7. The molecule has 0 aliphatic carbocycles. The second-order valence-corrected chi connectivity index (χ2v) is 17.4. The summed E-state index contributed by atoms with van der Waals surface area (Å²) < 4.78 is 9.52. The molecule has 300 valence electrons. The first kappa shape index (κ1) is 36.8. The Hall–Kier alpha value is -6.98. The maximum Gasteiger partial charge on any atom is 0.333 e. The van der Waals surface area contributed by atoms with Crippen LogP contribution in [0.1, 0.15) is 56.2 Å². The summed E-state index contributed by atoms with van der Waals surface area (Å²) >= 11 is 0. The van der Waals surface area contributed by atoms with Crippen molar-refractivity contribution >= 4 is 95.6 Å². The number of unbranched alkanes of at least 4 members (excludes halogenated alkanes) is 2. The Morgan fingerprint density at radius 3 is 2.08 bits per heavy atom. The Morgan fingerprint density at radius 2 is 1.24 bits per heavy atom. The second kappa shape index (κ2) is 14.6. The van der Waals surface area contributed by atoms with Crippen molar-refractivity contribution in [2.75, 3.05) is 9.80 Å². The molecule has 12 rings (SSSR count). The zero-order valence-electron chi connectivity index (χ0n) is 35.7. The van der Waals surface area contributed by atoms with Gasteiger partial charge in [0.05, 0.1) is 5.69 Å². The normalized spacial score (nSPS) is 12.8. The van der Waals surface area contributed by atoms with Crippen LogP contribution >= 0.6 is 0 Å². The zero-order valence-corrected chi connectivity index (χ0v) is 35.7. The van der Waals surface area contributed by atoms with E-state index in [1.165, 1.54) is 91.9 Å². The second-order valence-electron chi connectivity index (χ2n) is 17.4. The van der Waals surface area contributed by atoms with E-state index in [1.54, 1.807) is 0 Å². The van der Waals surface area contributed by atoms with Crippen LogP contribution in [-0.4, -0.2) is 11.3 Å².